The van der Waals surface area contributed by atoms with Gasteiger partial charge in [-0.1, -0.05) is 51.3 Å². The molecule has 2 unspecified atom stereocenters. The Balaban J connectivity index is 2.64. The van der Waals surface area contributed by atoms with E-state index in [0.29, 0.717) is 17.8 Å². The Hall–Kier alpha value is -0.630. The van der Waals surface area contributed by atoms with Crippen LogP contribution in [-0.4, -0.2) is 11.5 Å². The van der Waals surface area contributed by atoms with Crippen molar-refractivity contribution in [3.63, 3.8) is 0 Å². The van der Waals surface area contributed by atoms with Gasteiger partial charge in [0.15, 0.2) is 0 Å². The summed E-state index contributed by atoms with van der Waals surface area (Å²) in [4.78, 5) is 10.1. The fourth-order valence-electron chi connectivity index (χ4n) is 2.05. The molecule has 1 rings (SSSR count). The number of hydrogen-bond acceptors (Lipinski definition) is 2. The first-order valence-corrected chi connectivity index (χ1v) is 8.62. The number of unbranched alkanes of at least 4 members (excludes halogenated alkanes) is 1. The van der Waals surface area contributed by atoms with Crippen LogP contribution in [0, 0.1) is 12.8 Å². The van der Waals surface area contributed by atoms with Gasteiger partial charge in [-0.2, -0.15) is 0 Å². The molecule has 0 saturated carbocycles. The van der Waals surface area contributed by atoms with E-state index < -0.39 is 7.60 Å². The van der Waals surface area contributed by atoms with Crippen molar-refractivity contribution in [2.75, 3.05) is 6.61 Å². The van der Waals surface area contributed by atoms with Crippen LogP contribution >= 0.6 is 7.60 Å². The summed E-state index contributed by atoms with van der Waals surface area (Å²) in [6.07, 6.45) is 4.32. The quantitative estimate of drug-likeness (QED) is 0.733. The number of aryl methyl sites for hydroxylation is 1. The maximum Gasteiger partial charge on any atom is 0.359 e. The van der Waals surface area contributed by atoms with Crippen LogP contribution in [0.5, 0.6) is 0 Å². The highest BCUT2D eigenvalue weighted by molar-refractivity contribution is 7.61. The zero-order chi connectivity index (χ0) is 14.3. The SMILES string of the molecule is CCCCC(CC)COP(=O)(O)c1ccccc1C. The summed E-state index contributed by atoms with van der Waals surface area (Å²) in [7, 11) is -3.68. The van der Waals surface area contributed by atoms with Gasteiger partial charge in [-0.15, -0.1) is 0 Å². The van der Waals surface area contributed by atoms with Gasteiger partial charge >= 0.3 is 7.60 Å². The van der Waals surface area contributed by atoms with E-state index in [4.69, 9.17) is 4.52 Å². The number of benzene rings is 1. The molecule has 0 saturated heterocycles. The predicted octanol–water partition coefficient (Wildman–Crippen LogP) is 4.04. The second-order valence-corrected chi connectivity index (χ2v) is 6.80. The van der Waals surface area contributed by atoms with Crippen LogP contribution in [-0.2, 0) is 9.09 Å². The summed E-state index contributed by atoms with van der Waals surface area (Å²) in [5.74, 6) is 0.365. The second kappa shape index (κ2) is 7.84. The van der Waals surface area contributed by atoms with Crippen LogP contribution < -0.4 is 5.30 Å². The molecule has 1 aromatic rings. The van der Waals surface area contributed by atoms with Crippen molar-refractivity contribution in [2.24, 2.45) is 5.92 Å². The third-order valence-electron chi connectivity index (χ3n) is 3.45. The van der Waals surface area contributed by atoms with E-state index in [-0.39, 0.29) is 0 Å². The Bertz CT molecular complexity index is 431. The molecule has 0 fully saturated rings. The monoisotopic (exact) mass is 284 g/mol. The molecule has 1 aromatic carbocycles. The molecule has 0 spiro atoms. The highest BCUT2D eigenvalue weighted by Crippen LogP contribution is 2.42. The largest absolute Gasteiger partial charge is 0.359 e. The summed E-state index contributed by atoms with van der Waals surface area (Å²) in [6, 6.07) is 7.12. The van der Waals surface area contributed by atoms with Crippen molar-refractivity contribution in [1.29, 1.82) is 0 Å². The van der Waals surface area contributed by atoms with Gasteiger partial charge in [0.2, 0.25) is 0 Å². The normalized spacial score (nSPS) is 16.0. The minimum absolute atomic E-state index is 0.360. The number of rotatable bonds is 8. The molecule has 0 heterocycles. The smallest absolute Gasteiger partial charge is 0.321 e. The molecule has 0 bridgehead atoms. The Morgan fingerprint density at radius 2 is 2.00 bits per heavy atom. The first-order chi connectivity index (χ1) is 9.01. The number of hydrogen-bond donors (Lipinski definition) is 1. The lowest BCUT2D eigenvalue weighted by molar-refractivity contribution is 0.210. The lowest BCUT2D eigenvalue weighted by Crippen LogP contribution is -2.14. The topological polar surface area (TPSA) is 46.5 Å². The maximum atomic E-state index is 12.3. The summed E-state index contributed by atoms with van der Waals surface area (Å²) >= 11 is 0. The molecule has 0 aliphatic heterocycles. The van der Waals surface area contributed by atoms with Crippen LogP contribution in [0.15, 0.2) is 24.3 Å². The molecule has 2 atom stereocenters. The van der Waals surface area contributed by atoms with E-state index in [1.807, 2.05) is 19.1 Å². The predicted molar refractivity (Wildman–Crippen MR) is 79.9 cm³/mol. The van der Waals surface area contributed by atoms with E-state index in [2.05, 4.69) is 13.8 Å². The molecular formula is C15H25O3P. The molecule has 0 aliphatic rings. The van der Waals surface area contributed by atoms with E-state index in [1.165, 1.54) is 0 Å². The molecule has 0 radical (unpaired) electrons. The first-order valence-electron chi connectivity index (χ1n) is 7.04. The van der Waals surface area contributed by atoms with Crippen LogP contribution in [0.4, 0.5) is 0 Å². The highest BCUT2D eigenvalue weighted by atomic mass is 31.2. The second-order valence-electron chi connectivity index (χ2n) is 5.02. The van der Waals surface area contributed by atoms with E-state index in [0.717, 1.165) is 31.2 Å². The summed E-state index contributed by atoms with van der Waals surface area (Å²) in [5, 5.41) is 0.417. The lowest BCUT2D eigenvalue weighted by Gasteiger charge is -2.19. The van der Waals surface area contributed by atoms with Crippen molar-refractivity contribution in [1.82, 2.24) is 0 Å². The molecule has 108 valence electrons. The summed E-state index contributed by atoms with van der Waals surface area (Å²) < 4.78 is 17.6. The minimum atomic E-state index is -3.68. The van der Waals surface area contributed by atoms with Gasteiger partial charge in [0, 0.05) is 0 Å². The molecule has 4 heteroatoms. The molecule has 0 aliphatic carbocycles. The molecule has 1 N–H and O–H groups in total. The van der Waals surface area contributed by atoms with Gasteiger partial charge in [-0.3, -0.25) is 4.57 Å². The standard InChI is InChI=1S/C15H25O3P/c1-4-6-10-14(5-2)12-18-19(16,17)15-11-8-7-9-13(15)3/h7-9,11,14H,4-6,10,12H2,1-3H3,(H,16,17). The third kappa shape index (κ3) is 5.10. The van der Waals surface area contributed by atoms with Gasteiger partial charge < -0.3 is 9.42 Å². The van der Waals surface area contributed by atoms with Crippen molar-refractivity contribution in [3.05, 3.63) is 29.8 Å². The first kappa shape index (κ1) is 16.4. The summed E-state index contributed by atoms with van der Waals surface area (Å²) in [5.41, 5.74) is 0.801. The molecular weight excluding hydrogens is 259 g/mol. The van der Waals surface area contributed by atoms with Crippen molar-refractivity contribution < 1.29 is 14.0 Å². The van der Waals surface area contributed by atoms with E-state index in [9.17, 15) is 9.46 Å². The van der Waals surface area contributed by atoms with Gasteiger partial charge in [-0.25, -0.2) is 0 Å². The van der Waals surface area contributed by atoms with Gasteiger partial charge in [0.1, 0.15) is 0 Å². The lowest BCUT2D eigenvalue weighted by atomic mass is 10.0. The fraction of sp³-hybridized carbons (Fsp3) is 0.600. The highest BCUT2D eigenvalue weighted by Gasteiger charge is 2.25. The average Bonchev–Trinajstić information content (AvgIpc) is 2.39. The van der Waals surface area contributed by atoms with Gasteiger partial charge in [0.05, 0.1) is 11.9 Å². The van der Waals surface area contributed by atoms with Crippen LogP contribution in [0.2, 0.25) is 0 Å². The fourth-order valence-corrected chi connectivity index (χ4v) is 3.40. The Kier molecular flexibility index (Phi) is 6.78. The van der Waals surface area contributed by atoms with Crippen molar-refractivity contribution in [3.8, 4) is 0 Å². The van der Waals surface area contributed by atoms with E-state index >= 15 is 0 Å². The maximum absolute atomic E-state index is 12.3. The van der Waals surface area contributed by atoms with Crippen molar-refractivity contribution in [2.45, 2.75) is 46.5 Å². The van der Waals surface area contributed by atoms with Crippen LogP contribution in [0.1, 0.15) is 45.1 Å². The molecule has 0 aromatic heterocycles. The minimum Gasteiger partial charge on any atom is -0.321 e. The molecule has 3 nitrogen and oxygen atoms in total. The summed E-state index contributed by atoms with van der Waals surface area (Å²) in [6.45, 7) is 6.44. The average molecular weight is 284 g/mol. The molecule has 0 amide bonds. The molecule has 19 heavy (non-hydrogen) atoms. The van der Waals surface area contributed by atoms with Crippen molar-refractivity contribution >= 4 is 12.9 Å². The van der Waals surface area contributed by atoms with Gasteiger partial charge in [0.25, 0.3) is 0 Å². The zero-order valence-electron chi connectivity index (χ0n) is 12.1. The Labute approximate surface area is 116 Å². The Morgan fingerprint density at radius 1 is 1.32 bits per heavy atom. The zero-order valence-corrected chi connectivity index (χ0v) is 13.0. The van der Waals surface area contributed by atoms with Crippen LogP contribution in [0.25, 0.3) is 0 Å². The van der Waals surface area contributed by atoms with Gasteiger partial charge in [-0.05, 0) is 30.9 Å². The third-order valence-corrected chi connectivity index (χ3v) is 5.06. The Morgan fingerprint density at radius 3 is 2.58 bits per heavy atom. The van der Waals surface area contributed by atoms with E-state index in [1.54, 1.807) is 12.1 Å². The van der Waals surface area contributed by atoms with Crippen LogP contribution in [0.3, 0.4) is 0 Å².